The Hall–Kier alpha value is -0.990. The average molecular weight is 180 g/mol. The summed E-state index contributed by atoms with van der Waals surface area (Å²) in [5.74, 6) is 1.52. The van der Waals surface area contributed by atoms with Gasteiger partial charge in [-0.05, 0) is 18.8 Å². The van der Waals surface area contributed by atoms with Gasteiger partial charge in [0, 0.05) is 19.3 Å². The fraction of sp³-hybridized carbons (Fsp3) is 0.700. The van der Waals surface area contributed by atoms with E-state index in [9.17, 15) is 0 Å². The first-order chi connectivity index (χ1) is 6.34. The van der Waals surface area contributed by atoms with Gasteiger partial charge in [-0.3, -0.25) is 4.68 Å². The lowest BCUT2D eigenvalue weighted by Crippen LogP contribution is -2.08. The van der Waals surface area contributed by atoms with Gasteiger partial charge in [-0.25, -0.2) is 0 Å². The summed E-state index contributed by atoms with van der Waals surface area (Å²) in [6.07, 6.45) is 7.30. The van der Waals surface area contributed by atoms with Gasteiger partial charge in [-0.1, -0.05) is 12.8 Å². The van der Waals surface area contributed by atoms with Crippen LogP contribution in [0.25, 0.3) is 0 Å². The van der Waals surface area contributed by atoms with Crippen molar-refractivity contribution in [3.05, 3.63) is 12.3 Å². The van der Waals surface area contributed by atoms with Gasteiger partial charge in [0.05, 0.1) is 6.61 Å². The molecular formula is C10H16N2O. The number of aryl methyl sites for hydroxylation is 1. The first-order valence-electron chi connectivity index (χ1n) is 4.97. The van der Waals surface area contributed by atoms with Crippen LogP contribution in [0.2, 0.25) is 0 Å². The maximum Gasteiger partial charge on any atom is 0.232 e. The number of aromatic nitrogens is 2. The summed E-state index contributed by atoms with van der Waals surface area (Å²) in [6.45, 7) is 0.844. The molecule has 1 fully saturated rings. The van der Waals surface area contributed by atoms with Gasteiger partial charge in [-0.15, -0.1) is 5.10 Å². The van der Waals surface area contributed by atoms with Crippen molar-refractivity contribution in [3.63, 3.8) is 0 Å². The fourth-order valence-corrected chi connectivity index (χ4v) is 1.85. The van der Waals surface area contributed by atoms with Crippen LogP contribution in [-0.2, 0) is 7.05 Å². The molecule has 0 atom stereocenters. The highest BCUT2D eigenvalue weighted by molar-refractivity contribution is 5.05. The molecule has 0 radical (unpaired) electrons. The summed E-state index contributed by atoms with van der Waals surface area (Å²) in [4.78, 5) is 0. The molecule has 0 saturated heterocycles. The molecule has 3 heteroatoms. The zero-order valence-corrected chi connectivity index (χ0v) is 8.07. The Morgan fingerprint density at radius 1 is 1.54 bits per heavy atom. The summed E-state index contributed by atoms with van der Waals surface area (Å²) >= 11 is 0. The van der Waals surface area contributed by atoms with Gasteiger partial charge in [-0.2, -0.15) is 0 Å². The maximum absolute atomic E-state index is 5.58. The zero-order valence-electron chi connectivity index (χ0n) is 8.07. The van der Waals surface area contributed by atoms with Gasteiger partial charge >= 0.3 is 0 Å². The topological polar surface area (TPSA) is 27.1 Å². The minimum atomic E-state index is 0.759. The third kappa shape index (κ3) is 2.23. The van der Waals surface area contributed by atoms with E-state index in [2.05, 4.69) is 5.10 Å². The lowest BCUT2D eigenvalue weighted by molar-refractivity contribution is 0.241. The average Bonchev–Trinajstić information content (AvgIpc) is 2.71. The van der Waals surface area contributed by atoms with Crippen molar-refractivity contribution in [2.45, 2.75) is 25.7 Å². The summed E-state index contributed by atoms with van der Waals surface area (Å²) in [7, 11) is 1.91. The van der Waals surface area contributed by atoms with E-state index in [1.807, 2.05) is 19.3 Å². The predicted molar refractivity (Wildman–Crippen MR) is 50.7 cm³/mol. The molecular weight excluding hydrogens is 164 g/mol. The molecule has 3 nitrogen and oxygen atoms in total. The Morgan fingerprint density at radius 3 is 2.92 bits per heavy atom. The Kier molecular flexibility index (Phi) is 2.52. The van der Waals surface area contributed by atoms with Crippen LogP contribution in [0, 0.1) is 5.92 Å². The lowest BCUT2D eigenvalue weighted by atomic mass is 10.1. The van der Waals surface area contributed by atoms with Crippen LogP contribution in [0.5, 0.6) is 5.88 Å². The van der Waals surface area contributed by atoms with Crippen LogP contribution < -0.4 is 4.74 Å². The second-order valence-electron chi connectivity index (χ2n) is 3.79. The number of nitrogens with zero attached hydrogens (tertiary/aromatic N) is 2. The Labute approximate surface area is 78.7 Å². The van der Waals surface area contributed by atoms with Crippen LogP contribution in [-0.4, -0.2) is 16.4 Å². The molecule has 0 unspecified atom stereocenters. The van der Waals surface area contributed by atoms with Gasteiger partial charge in [0.25, 0.3) is 0 Å². The van der Waals surface area contributed by atoms with E-state index < -0.39 is 0 Å². The first kappa shape index (κ1) is 8.60. The highest BCUT2D eigenvalue weighted by Gasteiger charge is 2.15. The summed E-state index contributed by atoms with van der Waals surface area (Å²) in [5.41, 5.74) is 0. The largest absolute Gasteiger partial charge is 0.476 e. The third-order valence-electron chi connectivity index (χ3n) is 2.63. The van der Waals surface area contributed by atoms with Crippen molar-refractivity contribution in [1.82, 2.24) is 9.78 Å². The van der Waals surface area contributed by atoms with Crippen molar-refractivity contribution >= 4 is 0 Å². The quantitative estimate of drug-likeness (QED) is 0.711. The number of hydrogen-bond donors (Lipinski definition) is 0. The first-order valence-corrected chi connectivity index (χ1v) is 4.97. The highest BCUT2D eigenvalue weighted by Crippen LogP contribution is 2.25. The molecule has 13 heavy (non-hydrogen) atoms. The van der Waals surface area contributed by atoms with Gasteiger partial charge in [0.2, 0.25) is 5.88 Å². The zero-order chi connectivity index (χ0) is 9.10. The second-order valence-corrected chi connectivity index (χ2v) is 3.79. The smallest absolute Gasteiger partial charge is 0.232 e. The highest BCUT2D eigenvalue weighted by atomic mass is 16.5. The van der Waals surface area contributed by atoms with Gasteiger partial charge in [0.1, 0.15) is 0 Å². The predicted octanol–water partition coefficient (Wildman–Crippen LogP) is 1.99. The molecule has 1 saturated carbocycles. The third-order valence-corrected chi connectivity index (χ3v) is 2.63. The maximum atomic E-state index is 5.58. The SMILES string of the molecule is Cn1ccc(OCC2CCCC2)n1. The standard InChI is InChI=1S/C10H16N2O/c1-12-7-6-10(11-12)13-8-9-4-2-3-5-9/h6-7,9H,2-5,8H2,1H3. The molecule has 0 aromatic carbocycles. The second kappa shape index (κ2) is 3.81. The number of ether oxygens (including phenoxy) is 1. The van der Waals surface area contributed by atoms with Crippen LogP contribution in [0.4, 0.5) is 0 Å². The van der Waals surface area contributed by atoms with E-state index in [0.717, 1.165) is 18.4 Å². The number of hydrogen-bond acceptors (Lipinski definition) is 2. The fourth-order valence-electron chi connectivity index (χ4n) is 1.85. The van der Waals surface area contributed by atoms with Crippen LogP contribution >= 0.6 is 0 Å². The lowest BCUT2D eigenvalue weighted by Gasteiger charge is -2.08. The van der Waals surface area contributed by atoms with E-state index in [4.69, 9.17) is 4.74 Å². The van der Waals surface area contributed by atoms with E-state index in [1.54, 1.807) is 4.68 Å². The summed E-state index contributed by atoms with van der Waals surface area (Å²) < 4.78 is 7.35. The molecule has 1 aliphatic rings. The molecule has 1 heterocycles. The van der Waals surface area contributed by atoms with Gasteiger partial charge in [0.15, 0.2) is 0 Å². The molecule has 72 valence electrons. The van der Waals surface area contributed by atoms with Gasteiger partial charge < -0.3 is 4.74 Å². The molecule has 0 amide bonds. The monoisotopic (exact) mass is 180 g/mol. The molecule has 0 aliphatic heterocycles. The molecule has 1 aromatic heterocycles. The van der Waals surface area contributed by atoms with Crippen molar-refractivity contribution in [2.24, 2.45) is 13.0 Å². The molecule has 0 bridgehead atoms. The van der Waals surface area contributed by atoms with Crippen molar-refractivity contribution in [2.75, 3.05) is 6.61 Å². The number of rotatable bonds is 3. The molecule has 2 rings (SSSR count). The van der Waals surface area contributed by atoms with Crippen molar-refractivity contribution in [1.29, 1.82) is 0 Å². The van der Waals surface area contributed by atoms with E-state index >= 15 is 0 Å². The molecule has 1 aromatic rings. The van der Waals surface area contributed by atoms with Crippen molar-refractivity contribution < 1.29 is 4.74 Å². The van der Waals surface area contributed by atoms with E-state index in [1.165, 1.54) is 25.7 Å². The van der Waals surface area contributed by atoms with Crippen LogP contribution in [0.1, 0.15) is 25.7 Å². The summed E-state index contributed by atoms with van der Waals surface area (Å²) in [6, 6.07) is 1.91. The molecule has 1 aliphatic carbocycles. The van der Waals surface area contributed by atoms with Crippen molar-refractivity contribution in [3.8, 4) is 5.88 Å². The van der Waals surface area contributed by atoms with E-state index in [-0.39, 0.29) is 0 Å². The minimum Gasteiger partial charge on any atom is -0.476 e. The molecule has 0 N–H and O–H groups in total. The Bertz CT molecular complexity index is 264. The summed E-state index contributed by atoms with van der Waals surface area (Å²) in [5, 5.41) is 4.17. The van der Waals surface area contributed by atoms with Crippen LogP contribution in [0.15, 0.2) is 12.3 Å². The minimum absolute atomic E-state index is 0.759. The molecule has 0 spiro atoms. The van der Waals surface area contributed by atoms with Crippen LogP contribution in [0.3, 0.4) is 0 Å². The van der Waals surface area contributed by atoms with E-state index in [0.29, 0.717) is 0 Å². The Morgan fingerprint density at radius 2 is 2.31 bits per heavy atom. The normalized spacial score (nSPS) is 17.9. The Balaban J connectivity index is 1.78.